The van der Waals surface area contributed by atoms with Gasteiger partial charge in [-0.1, -0.05) is 0 Å². The number of hydrogen-bond acceptors (Lipinski definition) is 3. The molecule has 0 amide bonds. The van der Waals surface area contributed by atoms with E-state index in [0.717, 1.165) is 5.75 Å². The smallest absolute Gasteiger partial charge is 0.122 e. The Bertz CT molecular complexity index is 338. The third-order valence-electron chi connectivity index (χ3n) is 3.66. The molecule has 1 aromatic heterocycles. The van der Waals surface area contributed by atoms with E-state index in [1.807, 2.05) is 12.1 Å². The van der Waals surface area contributed by atoms with Crippen LogP contribution in [0.4, 0.5) is 0 Å². The molecular weight excluding hydrogens is 188 g/mol. The minimum Gasteiger partial charge on any atom is -0.490 e. The predicted molar refractivity (Wildman–Crippen MR) is 57.5 cm³/mol. The molecule has 1 spiro atoms. The van der Waals surface area contributed by atoms with Gasteiger partial charge in [0.05, 0.1) is 6.10 Å². The van der Waals surface area contributed by atoms with Gasteiger partial charge in [0.15, 0.2) is 0 Å². The second kappa shape index (κ2) is 3.20. The van der Waals surface area contributed by atoms with E-state index >= 15 is 0 Å². The average molecular weight is 204 g/mol. The van der Waals surface area contributed by atoms with Crippen molar-refractivity contribution in [2.45, 2.75) is 37.8 Å². The maximum Gasteiger partial charge on any atom is 0.122 e. The van der Waals surface area contributed by atoms with Crippen molar-refractivity contribution in [3.8, 4) is 5.75 Å². The van der Waals surface area contributed by atoms with Gasteiger partial charge in [0.2, 0.25) is 0 Å². The molecule has 0 aliphatic heterocycles. The van der Waals surface area contributed by atoms with Crippen molar-refractivity contribution in [3.63, 3.8) is 0 Å². The van der Waals surface area contributed by atoms with Gasteiger partial charge < -0.3 is 10.5 Å². The Hall–Kier alpha value is -1.09. The predicted octanol–water partition coefficient (Wildman–Crippen LogP) is 1.73. The van der Waals surface area contributed by atoms with E-state index in [0.29, 0.717) is 17.6 Å². The van der Waals surface area contributed by atoms with Crippen LogP contribution in [0.1, 0.15) is 25.7 Å². The zero-order valence-corrected chi connectivity index (χ0v) is 8.73. The molecule has 1 heterocycles. The lowest BCUT2D eigenvalue weighted by molar-refractivity contribution is -0.0781. The van der Waals surface area contributed by atoms with E-state index < -0.39 is 0 Å². The van der Waals surface area contributed by atoms with E-state index in [2.05, 4.69) is 4.98 Å². The molecule has 2 saturated carbocycles. The van der Waals surface area contributed by atoms with Crippen LogP contribution in [-0.2, 0) is 0 Å². The summed E-state index contributed by atoms with van der Waals surface area (Å²) in [5, 5.41) is 0. The quantitative estimate of drug-likeness (QED) is 0.798. The number of pyridine rings is 1. The zero-order valence-electron chi connectivity index (χ0n) is 8.73. The molecule has 3 heteroatoms. The molecule has 0 atom stereocenters. The zero-order chi connectivity index (χ0) is 10.3. The number of rotatable bonds is 2. The molecular formula is C12H16N2O. The standard InChI is InChI=1S/C12H16N2O/c13-9-5-12(6-9)7-11(8-12)15-10-1-3-14-4-2-10/h1-4,9,11H,5-8,13H2. The van der Waals surface area contributed by atoms with Crippen LogP contribution < -0.4 is 10.5 Å². The van der Waals surface area contributed by atoms with Crippen molar-refractivity contribution in [2.24, 2.45) is 11.1 Å². The highest BCUT2D eigenvalue weighted by atomic mass is 16.5. The highest BCUT2D eigenvalue weighted by Gasteiger charge is 2.52. The number of nitrogens with two attached hydrogens (primary N) is 1. The summed E-state index contributed by atoms with van der Waals surface area (Å²) in [6.45, 7) is 0. The van der Waals surface area contributed by atoms with Gasteiger partial charge in [-0.25, -0.2) is 0 Å². The molecule has 0 unspecified atom stereocenters. The van der Waals surface area contributed by atoms with Crippen LogP contribution in [0.2, 0.25) is 0 Å². The van der Waals surface area contributed by atoms with E-state index in [1.165, 1.54) is 25.7 Å². The second-order valence-corrected chi connectivity index (χ2v) is 5.00. The molecule has 0 radical (unpaired) electrons. The summed E-state index contributed by atoms with van der Waals surface area (Å²) in [5.74, 6) is 0.938. The molecule has 3 nitrogen and oxygen atoms in total. The van der Waals surface area contributed by atoms with Gasteiger partial charge in [-0.05, 0) is 43.2 Å². The molecule has 0 bridgehead atoms. The Morgan fingerprint density at radius 2 is 1.87 bits per heavy atom. The Morgan fingerprint density at radius 3 is 2.47 bits per heavy atom. The fraction of sp³-hybridized carbons (Fsp3) is 0.583. The van der Waals surface area contributed by atoms with Gasteiger partial charge >= 0.3 is 0 Å². The summed E-state index contributed by atoms with van der Waals surface area (Å²) in [5.41, 5.74) is 6.37. The molecule has 0 saturated heterocycles. The highest BCUT2D eigenvalue weighted by Crippen LogP contribution is 2.56. The SMILES string of the molecule is NC1CC2(C1)CC(Oc1ccncc1)C2. The van der Waals surface area contributed by atoms with Crippen molar-refractivity contribution in [1.29, 1.82) is 0 Å². The lowest BCUT2D eigenvalue weighted by atomic mass is 9.53. The molecule has 2 N–H and O–H groups in total. The lowest BCUT2D eigenvalue weighted by Gasteiger charge is -2.56. The summed E-state index contributed by atoms with van der Waals surface area (Å²) in [6.07, 6.45) is 8.70. The normalized spacial score (nSPS) is 38.2. The van der Waals surface area contributed by atoms with E-state index in [-0.39, 0.29) is 0 Å². The third-order valence-corrected chi connectivity index (χ3v) is 3.66. The van der Waals surface area contributed by atoms with Gasteiger partial charge in [-0.2, -0.15) is 0 Å². The number of ether oxygens (including phenoxy) is 1. The van der Waals surface area contributed by atoms with E-state index in [1.54, 1.807) is 12.4 Å². The van der Waals surface area contributed by atoms with Crippen LogP contribution in [-0.4, -0.2) is 17.1 Å². The van der Waals surface area contributed by atoms with Gasteiger partial charge in [-0.3, -0.25) is 4.98 Å². The molecule has 15 heavy (non-hydrogen) atoms. The minimum atomic E-state index is 0.403. The Labute approximate surface area is 89.6 Å². The van der Waals surface area contributed by atoms with Crippen LogP contribution in [0.15, 0.2) is 24.5 Å². The molecule has 2 fully saturated rings. The molecule has 80 valence electrons. The van der Waals surface area contributed by atoms with E-state index in [9.17, 15) is 0 Å². The summed E-state index contributed by atoms with van der Waals surface area (Å²) >= 11 is 0. The fourth-order valence-electron chi connectivity index (χ4n) is 2.98. The summed E-state index contributed by atoms with van der Waals surface area (Å²) in [6, 6.07) is 4.28. The largest absolute Gasteiger partial charge is 0.490 e. The molecule has 2 aliphatic carbocycles. The lowest BCUT2D eigenvalue weighted by Crippen LogP contribution is -2.56. The Morgan fingerprint density at radius 1 is 1.20 bits per heavy atom. The first kappa shape index (κ1) is 9.16. The average Bonchev–Trinajstić information content (AvgIpc) is 2.14. The minimum absolute atomic E-state index is 0.403. The Kier molecular flexibility index (Phi) is 1.96. The number of nitrogens with zero attached hydrogens (tertiary/aromatic N) is 1. The maximum atomic E-state index is 5.84. The van der Waals surface area contributed by atoms with Crippen molar-refractivity contribution < 1.29 is 4.74 Å². The van der Waals surface area contributed by atoms with Crippen LogP contribution in [0.3, 0.4) is 0 Å². The third kappa shape index (κ3) is 1.61. The van der Waals surface area contributed by atoms with Crippen LogP contribution in [0.5, 0.6) is 5.75 Å². The number of hydrogen-bond donors (Lipinski definition) is 1. The summed E-state index contributed by atoms with van der Waals surface area (Å²) in [7, 11) is 0. The van der Waals surface area contributed by atoms with Crippen molar-refractivity contribution in [3.05, 3.63) is 24.5 Å². The first-order valence-corrected chi connectivity index (χ1v) is 5.58. The van der Waals surface area contributed by atoms with Gasteiger partial charge in [0, 0.05) is 18.4 Å². The monoisotopic (exact) mass is 204 g/mol. The van der Waals surface area contributed by atoms with Crippen LogP contribution in [0.25, 0.3) is 0 Å². The van der Waals surface area contributed by atoms with Crippen molar-refractivity contribution in [2.75, 3.05) is 0 Å². The second-order valence-electron chi connectivity index (χ2n) is 5.00. The van der Waals surface area contributed by atoms with E-state index in [4.69, 9.17) is 10.5 Å². The number of aromatic nitrogens is 1. The van der Waals surface area contributed by atoms with Crippen molar-refractivity contribution in [1.82, 2.24) is 4.98 Å². The molecule has 1 aromatic rings. The van der Waals surface area contributed by atoms with Crippen molar-refractivity contribution >= 4 is 0 Å². The molecule has 0 aromatic carbocycles. The first-order chi connectivity index (χ1) is 7.26. The Balaban J connectivity index is 1.52. The fourth-order valence-corrected chi connectivity index (χ4v) is 2.98. The first-order valence-electron chi connectivity index (χ1n) is 5.58. The topological polar surface area (TPSA) is 48.1 Å². The van der Waals surface area contributed by atoms with Gasteiger partial charge in [0.1, 0.15) is 5.75 Å². The van der Waals surface area contributed by atoms with Gasteiger partial charge in [-0.15, -0.1) is 0 Å². The molecule has 2 aliphatic rings. The van der Waals surface area contributed by atoms with Gasteiger partial charge in [0.25, 0.3) is 0 Å². The van der Waals surface area contributed by atoms with Crippen LogP contribution in [0, 0.1) is 5.41 Å². The van der Waals surface area contributed by atoms with Crippen LogP contribution >= 0.6 is 0 Å². The summed E-state index contributed by atoms with van der Waals surface area (Å²) < 4.78 is 5.84. The highest BCUT2D eigenvalue weighted by molar-refractivity contribution is 5.18. The summed E-state index contributed by atoms with van der Waals surface area (Å²) in [4.78, 5) is 3.97. The molecule has 3 rings (SSSR count). The maximum absolute atomic E-state index is 5.84.